The SMILES string of the molecule is CCCn1c(SCC(=O)Nc2cc(Cl)ccc2Oc2ccccc2)nnc1-c1ccncc1. The van der Waals surface area contributed by atoms with Crippen molar-refractivity contribution in [1.82, 2.24) is 19.7 Å². The molecule has 0 aliphatic carbocycles. The summed E-state index contributed by atoms with van der Waals surface area (Å²) >= 11 is 7.49. The molecule has 0 unspecified atom stereocenters. The lowest BCUT2D eigenvalue weighted by Gasteiger charge is -2.13. The van der Waals surface area contributed by atoms with Crippen LogP contribution in [0.5, 0.6) is 11.5 Å². The third kappa shape index (κ3) is 5.91. The monoisotopic (exact) mass is 479 g/mol. The first-order valence-electron chi connectivity index (χ1n) is 10.4. The number of hydrogen-bond acceptors (Lipinski definition) is 6. The summed E-state index contributed by atoms with van der Waals surface area (Å²) in [6.07, 6.45) is 4.36. The molecule has 9 heteroatoms. The molecule has 0 spiro atoms. The number of halogens is 1. The van der Waals surface area contributed by atoms with E-state index in [9.17, 15) is 4.79 Å². The minimum atomic E-state index is -0.198. The fraction of sp³-hybridized carbons (Fsp3) is 0.167. The van der Waals surface area contributed by atoms with Crippen molar-refractivity contribution in [3.8, 4) is 22.9 Å². The first-order chi connectivity index (χ1) is 16.1. The Labute approximate surface area is 201 Å². The van der Waals surface area contributed by atoms with E-state index < -0.39 is 0 Å². The average molecular weight is 480 g/mol. The van der Waals surface area contributed by atoms with Gasteiger partial charge in [0.25, 0.3) is 0 Å². The Morgan fingerprint density at radius 3 is 2.64 bits per heavy atom. The third-order valence-electron chi connectivity index (χ3n) is 4.62. The maximum atomic E-state index is 12.8. The number of para-hydroxylation sites is 1. The van der Waals surface area contributed by atoms with E-state index >= 15 is 0 Å². The van der Waals surface area contributed by atoms with Crippen LogP contribution < -0.4 is 10.1 Å². The van der Waals surface area contributed by atoms with Gasteiger partial charge in [0, 0.05) is 29.5 Å². The summed E-state index contributed by atoms with van der Waals surface area (Å²) in [6.45, 7) is 2.84. The van der Waals surface area contributed by atoms with Gasteiger partial charge in [0.05, 0.1) is 11.4 Å². The van der Waals surface area contributed by atoms with E-state index in [-0.39, 0.29) is 11.7 Å². The van der Waals surface area contributed by atoms with Crippen molar-refractivity contribution in [3.05, 3.63) is 78.1 Å². The van der Waals surface area contributed by atoms with Crippen molar-refractivity contribution in [2.24, 2.45) is 0 Å². The molecule has 0 aliphatic heterocycles. The molecule has 168 valence electrons. The van der Waals surface area contributed by atoms with Crippen molar-refractivity contribution in [1.29, 1.82) is 0 Å². The van der Waals surface area contributed by atoms with Crippen LogP contribution in [0, 0.1) is 0 Å². The number of carbonyl (C=O) groups is 1. The average Bonchev–Trinajstić information content (AvgIpc) is 3.23. The maximum absolute atomic E-state index is 12.8. The summed E-state index contributed by atoms with van der Waals surface area (Å²) in [5.41, 5.74) is 1.44. The number of carbonyl (C=O) groups excluding carboxylic acids is 1. The zero-order valence-electron chi connectivity index (χ0n) is 17.9. The molecule has 2 heterocycles. The maximum Gasteiger partial charge on any atom is 0.234 e. The zero-order chi connectivity index (χ0) is 23.0. The molecule has 1 N–H and O–H groups in total. The Bertz CT molecular complexity index is 1220. The third-order valence-corrected chi connectivity index (χ3v) is 5.82. The predicted octanol–water partition coefficient (Wildman–Crippen LogP) is 5.93. The summed E-state index contributed by atoms with van der Waals surface area (Å²) in [5, 5.41) is 12.7. The number of nitrogens with one attached hydrogen (secondary N) is 1. The fourth-order valence-electron chi connectivity index (χ4n) is 3.16. The van der Waals surface area contributed by atoms with Gasteiger partial charge in [0.15, 0.2) is 16.7 Å². The summed E-state index contributed by atoms with van der Waals surface area (Å²) < 4.78 is 7.94. The van der Waals surface area contributed by atoms with Crippen molar-refractivity contribution in [2.75, 3.05) is 11.1 Å². The van der Waals surface area contributed by atoms with E-state index in [1.165, 1.54) is 11.8 Å². The largest absolute Gasteiger partial charge is 0.455 e. The highest BCUT2D eigenvalue weighted by Crippen LogP contribution is 2.32. The number of ether oxygens (including phenoxy) is 1. The van der Waals surface area contributed by atoms with E-state index in [1.807, 2.05) is 47.0 Å². The van der Waals surface area contributed by atoms with Crippen LogP contribution in [0.2, 0.25) is 5.02 Å². The predicted molar refractivity (Wildman–Crippen MR) is 131 cm³/mol. The van der Waals surface area contributed by atoms with Crippen LogP contribution >= 0.6 is 23.4 Å². The van der Waals surface area contributed by atoms with Gasteiger partial charge in [-0.2, -0.15) is 0 Å². The van der Waals surface area contributed by atoms with Crippen LogP contribution in [0.3, 0.4) is 0 Å². The number of nitrogens with zero attached hydrogens (tertiary/aromatic N) is 4. The molecule has 33 heavy (non-hydrogen) atoms. The minimum Gasteiger partial charge on any atom is -0.455 e. The molecule has 0 saturated carbocycles. The Morgan fingerprint density at radius 1 is 1.09 bits per heavy atom. The summed E-state index contributed by atoms with van der Waals surface area (Å²) in [4.78, 5) is 16.8. The first-order valence-corrected chi connectivity index (χ1v) is 11.8. The molecule has 0 atom stereocenters. The minimum absolute atomic E-state index is 0.162. The molecule has 4 aromatic rings. The van der Waals surface area contributed by atoms with Crippen molar-refractivity contribution >= 4 is 35.0 Å². The summed E-state index contributed by atoms with van der Waals surface area (Å²) in [6, 6.07) is 18.3. The summed E-state index contributed by atoms with van der Waals surface area (Å²) in [5.74, 6) is 1.90. The lowest BCUT2D eigenvalue weighted by molar-refractivity contribution is -0.113. The quantitative estimate of drug-likeness (QED) is 0.300. The van der Waals surface area contributed by atoms with E-state index in [1.54, 1.807) is 30.6 Å². The van der Waals surface area contributed by atoms with Crippen molar-refractivity contribution in [3.63, 3.8) is 0 Å². The smallest absolute Gasteiger partial charge is 0.234 e. The second-order valence-electron chi connectivity index (χ2n) is 7.09. The first kappa shape index (κ1) is 22.8. The normalized spacial score (nSPS) is 10.7. The van der Waals surface area contributed by atoms with Gasteiger partial charge in [0.1, 0.15) is 5.75 Å². The van der Waals surface area contributed by atoms with E-state index in [4.69, 9.17) is 16.3 Å². The van der Waals surface area contributed by atoms with Crippen LogP contribution in [0.4, 0.5) is 5.69 Å². The van der Waals surface area contributed by atoms with Gasteiger partial charge >= 0.3 is 0 Å². The van der Waals surface area contributed by atoms with Gasteiger partial charge < -0.3 is 14.6 Å². The van der Waals surface area contributed by atoms with Crippen molar-refractivity contribution < 1.29 is 9.53 Å². The van der Waals surface area contributed by atoms with Crippen LogP contribution in [0.25, 0.3) is 11.4 Å². The Balaban J connectivity index is 1.46. The van der Waals surface area contributed by atoms with Gasteiger partial charge in [-0.3, -0.25) is 9.78 Å². The molecule has 0 radical (unpaired) electrons. The molecule has 2 aromatic heterocycles. The number of pyridine rings is 1. The molecule has 2 aromatic carbocycles. The highest BCUT2D eigenvalue weighted by molar-refractivity contribution is 7.99. The number of aromatic nitrogens is 4. The molecule has 0 saturated heterocycles. The van der Waals surface area contributed by atoms with E-state index in [0.717, 1.165) is 24.4 Å². The number of rotatable bonds is 9. The molecular formula is C24H22ClN5O2S. The van der Waals surface area contributed by atoms with Crippen LogP contribution in [0.1, 0.15) is 13.3 Å². The number of amides is 1. The highest BCUT2D eigenvalue weighted by Gasteiger charge is 2.16. The van der Waals surface area contributed by atoms with Gasteiger partial charge in [-0.15, -0.1) is 10.2 Å². The van der Waals surface area contributed by atoms with Gasteiger partial charge in [-0.05, 0) is 48.9 Å². The molecule has 1 amide bonds. The topological polar surface area (TPSA) is 81.9 Å². The van der Waals surface area contributed by atoms with Gasteiger partial charge in [-0.25, -0.2) is 0 Å². The van der Waals surface area contributed by atoms with Crippen LogP contribution in [-0.2, 0) is 11.3 Å². The molecule has 0 aliphatic rings. The lowest BCUT2D eigenvalue weighted by atomic mass is 10.2. The molecule has 0 bridgehead atoms. The van der Waals surface area contributed by atoms with E-state index in [2.05, 4.69) is 27.4 Å². The number of thioether (sulfide) groups is 1. The lowest BCUT2D eigenvalue weighted by Crippen LogP contribution is -2.15. The van der Waals surface area contributed by atoms with Crippen LogP contribution in [-0.4, -0.2) is 31.4 Å². The fourth-order valence-corrected chi connectivity index (χ4v) is 4.09. The molecule has 0 fully saturated rings. The molecular weight excluding hydrogens is 458 g/mol. The number of hydrogen-bond donors (Lipinski definition) is 1. The summed E-state index contributed by atoms with van der Waals surface area (Å²) in [7, 11) is 0. The number of anilines is 1. The Hall–Kier alpha value is -3.36. The van der Waals surface area contributed by atoms with Crippen LogP contribution in [0.15, 0.2) is 78.2 Å². The molecule has 7 nitrogen and oxygen atoms in total. The second-order valence-corrected chi connectivity index (χ2v) is 8.47. The highest BCUT2D eigenvalue weighted by atomic mass is 35.5. The second kappa shape index (κ2) is 11.0. The van der Waals surface area contributed by atoms with E-state index in [0.29, 0.717) is 27.4 Å². The Morgan fingerprint density at radius 2 is 1.88 bits per heavy atom. The molecule has 4 rings (SSSR count). The van der Waals surface area contributed by atoms with Gasteiger partial charge in [-0.1, -0.05) is 48.5 Å². The number of benzene rings is 2. The Kier molecular flexibility index (Phi) is 7.59. The van der Waals surface area contributed by atoms with Crippen molar-refractivity contribution in [2.45, 2.75) is 25.0 Å². The zero-order valence-corrected chi connectivity index (χ0v) is 19.5. The standard InChI is InChI=1S/C24H22ClN5O2S/c1-2-14-30-23(17-10-12-26-13-11-17)28-29-24(30)33-16-22(31)27-20-15-18(25)8-9-21(20)32-19-6-4-3-5-7-19/h3-13,15H,2,14,16H2,1H3,(H,27,31). The van der Waals surface area contributed by atoms with Gasteiger partial charge in [0.2, 0.25) is 5.91 Å².